The van der Waals surface area contributed by atoms with E-state index >= 15 is 0 Å². The molecule has 0 aliphatic carbocycles. The molecule has 102 valence electrons. The molecule has 0 saturated carbocycles. The Labute approximate surface area is 118 Å². The molecule has 0 aliphatic heterocycles. The zero-order valence-electron chi connectivity index (χ0n) is 11.5. The molecule has 2 rings (SSSR count). The smallest absolute Gasteiger partial charge is 0.226 e. The Balaban J connectivity index is 1.94. The monoisotopic (exact) mass is 276 g/mol. The van der Waals surface area contributed by atoms with Crippen molar-refractivity contribution in [1.29, 1.82) is 0 Å². The zero-order valence-corrected chi connectivity index (χ0v) is 12.3. The predicted molar refractivity (Wildman–Crippen MR) is 81.7 cm³/mol. The number of nitrogens with one attached hydrogen (secondary N) is 1. The van der Waals surface area contributed by atoms with Crippen LogP contribution in [-0.4, -0.2) is 10.9 Å². The zero-order chi connectivity index (χ0) is 13.7. The molecule has 2 aromatic rings. The van der Waals surface area contributed by atoms with E-state index < -0.39 is 0 Å². The standard InChI is InChI=1S/C15H20N2OS/c1-3-4-5-6-10-13(18)16-15-17-14-11(2)8-7-9-12(14)19-15/h7-9H,3-6,10H2,1-2H3,(H,16,17,18). The molecule has 1 N–H and O–H groups in total. The molecule has 0 fully saturated rings. The fourth-order valence-corrected chi connectivity index (χ4v) is 2.99. The summed E-state index contributed by atoms with van der Waals surface area (Å²) in [4.78, 5) is 16.3. The average molecular weight is 276 g/mol. The number of carbonyl (C=O) groups is 1. The van der Waals surface area contributed by atoms with E-state index in [4.69, 9.17) is 0 Å². The van der Waals surface area contributed by atoms with Gasteiger partial charge < -0.3 is 5.32 Å². The number of para-hydroxylation sites is 1. The Morgan fingerprint density at radius 1 is 1.32 bits per heavy atom. The molecule has 0 radical (unpaired) electrons. The summed E-state index contributed by atoms with van der Waals surface area (Å²) in [7, 11) is 0. The molecular formula is C15H20N2OS. The Morgan fingerprint density at radius 2 is 2.16 bits per heavy atom. The number of amides is 1. The number of anilines is 1. The predicted octanol–water partition coefficient (Wildman–Crippen LogP) is 4.51. The van der Waals surface area contributed by atoms with Gasteiger partial charge in [-0.25, -0.2) is 4.98 Å². The summed E-state index contributed by atoms with van der Waals surface area (Å²) >= 11 is 1.54. The number of nitrogens with zero attached hydrogens (tertiary/aromatic N) is 1. The fourth-order valence-electron chi connectivity index (χ4n) is 2.03. The van der Waals surface area contributed by atoms with Crippen molar-refractivity contribution in [2.75, 3.05) is 5.32 Å². The minimum Gasteiger partial charge on any atom is -0.302 e. The van der Waals surface area contributed by atoms with Gasteiger partial charge in [-0.1, -0.05) is 49.7 Å². The van der Waals surface area contributed by atoms with Gasteiger partial charge in [0, 0.05) is 6.42 Å². The van der Waals surface area contributed by atoms with Crippen LogP contribution in [0.15, 0.2) is 18.2 Å². The van der Waals surface area contributed by atoms with Gasteiger partial charge in [-0.05, 0) is 25.0 Å². The number of aryl methyl sites for hydroxylation is 1. The SMILES string of the molecule is CCCCCCC(=O)Nc1nc2c(C)cccc2s1. The number of rotatable bonds is 6. The number of hydrogen-bond donors (Lipinski definition) is 1. The molecule has 0 unspecified atom stereocenters. The van der Waals surface area contributed by atoms with E-state index in [2.05, 4.69) is 17.2 Å². The van der Waals surface area contributed by atoms with Gasteiger partial charge in [-0.3, -0.25) is 4.79 Å². The lowest BCUT2D eigenvalue weighted by molar-refractivity contribution is -0.116. The Hall–Kier alpha value is -1.42. The number of fused-ring (bicyclic) bond motifs is 1. The molecule has 0 aliphatic rings. The van der Waals surface area contributed by atoms with Crippen LogP contribution in [0.4, 0.5) is 5.13 Å². The van der Waals surface area contributed by atoms with E-state index in [1.165, 1.54) is 12.8 Å². The quantitative estimate of drug-likeness (QED) is 0.788. The molecule has 1 aromatic carbocycles. The minimum absolute atomic E-state index is 0.0767. The van der Waals surface area contributed by atoms with E-state index in [1.807, 2.05) is 25.1 Å². The van der Waals surface area contributed by atoms with Crippen LogP contribution in [0, 0.1) is 6.92 Å². The van der Waals surface area contributed by atoms with Crippen molar-refractivity contribution in [3.05, 3.63) is 23.8 Å². The molecule has 1 aromatic heterocycles. The van der Waals surface area contributed by atoms with Crippen LogP contribution in [0.25, 0.3) is 10.2 Å². The fraction of sp³-hybridized carbons (Fsp3) is 0.467. The largest absolute Gasteiger partial charge is 0.302 e. The first kappa shape index (κ1) is 14.0. The first-order chi connectivity index (χ1) is 9.20. The minimum atomic E-state index is 0.0767. The normalized spacial score (nSPS) is 10.8. The maximum Gasteiger partial charge on any atom is 0.226 e. The first-order valence-electron chi connectivity index (χ1n) is 6.86. The maximum absolute atomic E-state index is 11.8. The van der Waals surface area contributed by atoms with E-state index in [9.17, 15) is 4.79 Å². The number of benzene rings is 1. The van der Waals surface area contributed by atoms with Gasteiger partial charge in [0.05, 0.1) is 10.2 Å². The molecule has 0 bridgehead atoms. The Morgan fingerprint density at radius 3 is 2.89 bits per heavy atom. The van der Waals surface area contributed by atoms with Gasteiger partial charge in [0.1, 0.15) is 0 Å². The van der Waals surface area contributed by atoms with Gasteiger partial charge in [-0.2, -0.15) is 0 Å². The molecular weight excluding hydrogens is 256 g/mol. The summed E-state index contributed by atoms with van der Waals surface area (Å²) in [5.74, 6) is 0.0767. The summed E-state index contributed by atoms with van der Waals surface area (Å²) in [6.07, 6.45) is 5.08. The summed E-state index contributed by atoms with van der Waals surface area (Å²) in [5, 5.41) is 3.62. The Kier molecular flexibility index (Phi) is 4.91. The molecule has 0 spiro atoms. The van der Waals surface area contributed by atoms with E-state index in [0.717, 1.165) is 28.6 Å². The molecule has 3 nitrogen and oxygen atoms in total. The first-order valence-corrected chi connectivity index (χ1v) is 7.68. The number of thiazole rings is 1. The molecule has 1 heterocycles. The molecule has 4 heteroatoms. The third kappa shape index (κ3) is 3.77. The summed E-state index contributed by atoms with van der Waals surface area (Å²) in [6, 6.07) is 6.10. The van der Waals surface area contributed by atoms with Crippen molar-refractivity contribution in [2.24, 2.45) is 0 Å². The van der Waals surface area contributed by atoms with Crippen molar-refractivity contribution < 1.29 is 4.79 Å². The molecule has 0 atom stereocenters. The van der Waals surface area contributed by atoms with Crippen LogP contribution in [0.2, 0.25) is 0 Å². The molecule has 19 heavy (non-hydrogen) atoms. The topological polar surface area (TPSA) is 42.0 Å². The van der Waals surface area contributed by atoms with Crippen molar-refractivity contribution >= 4 is 32.6 Å². The van der Waals surface area contributed by atoms with Crippen LogP contribution >= 0.6 is 11.3 Å². The van der Waals surface area contributed by atoms with Crippen molar-refractivity contribution in [3.63, 3.8) is 0 Å². The second kappa shape index (κ2) is 6.66. The van der Waals surface area contributed by atoms with Gasteiger partial charge >= 0.3 is 0 Å². The van der Waals surface area contributed by atoms with Crippen LogP contribution in [0.5, 0.6) is 0 Å². The summed E-state index contributed by atoms with van der Waals surface area (Å²) in [6.45, 7) is 4.21. The third-order valence-electron chi connectivity index (χ3n) is 3.12. The number of hydrogen-bond acceptors (Lipinski definition) is 3. The number of aromatic nitrogens is 1. The maximum atomic E-state index is 11.8. The van der Waals surface area contributed by atoms with Gasteiger partial charge in [0.2, 0.25) is 5.91 Å². The molecule has 0 saturated heterocycles. The average Bonchev–Trinajstić information content (AvgIpc) is 2.79. The van der Waals surface area contributed by atoms with Gasteiger partial charge in [-0.15, -0.1) is 0 Å². The Bertz CT molecular complexity index is 562. The van der Waals surface area contributed by atoms with Crippen molar-refractivity contribution in [2.45, 2.75) is 46.0 Å². The second-order valence-electron chi connectivity index (χ2n) is 4.80. The van der Waals surface area contributed by atoms with Gasteiger partial charge in [0.25, 0.3) is 0 Å². The van der Waals surface area contributed by atoms with Crippen LogP contribution in [0.1, 0.15) is 44.6 Å². The van der Waals surface area contributed by atoms with Gasteiger partial charge in [0.15, 0.2) is 5.13 Å². The van der Waals surface area contributed by atoms with Crippen LogP contribution < -0.4 is 5.32 Å². The number of unbranched alkanes of at least 4 members (excludes halogenated alkanes) is 3. The highest BCUT2D eigenvalue weighted by molar-refractivity contribution is 7.22. The van der Waals surface area contributed by atoms with E-state index in [-0.39, 0.29) is 5.91 Å². The number of carbonyl (C=O) groups excluding carboxylic acids is 1. The second-order valence-corrected chi connectivity index (χ2v) is 5.83. The van der Waals surface area contributed by atoms with E-state index in [1.54, 1.807) is 11.3 Å². The molecule has 1 amide bonds. The summed E-state index contributed by atoms with van der Waals surface area (Å²) < 4.78 is 1.13. The lowest BCUT2D eigenvalue weighted by Crippen LogP contribution is -2.10. The highest BCUT2D eigenvalue weighted by atomic mass is 32.1. The van der Waals surface area contributed by atoms with Crippen molar-refractivity contribution in [3.8, 4) is 0 Å². The highest BCUT2D eigenvalue weighted by Gasteiger charge is 2.08. The highest BCUT2D eigenvalue weighted by Crippen LogP contribution is 2.27. The lowest BCUT2D eigenvalue weighted by Gasteiger charge is -2.00. The van der Waals surface area contributed by atoms with E-state index in [0.29, 0.717) is 11.6 Å². The summed E-state index contributed by atoms with van der Waals surface area (Å²) in [5.41, 5.74) is 2.14. The van der Waals surface area contributed by atoms with Crippen molar-refractivity contribution in [1.82, 2.24) is 4.98 Å². The lowest BCUT2D eigenvalue weighted by atomic mass is 10.1. The van der Waals surface area contributed by atoms with Crippen LogP contribution in [0.3, 0.4) is 0 Å². The third-order valence-corrected chi connectivity index (χ3v) is 4.06. The van der Waals surface area contributed by atoms with Crippen LogP contribution in [-0.2, 0) is 4.79 Å².